The summed E-state index contributed by atoms with van der Waals surface area (Å²) < 4.78 is 36.6. The van der Waals surface area contributed by atoms with E-state index in [1.54, 1.807) is 12.1 Å². The molecule has 0 radical (unpaired) electrons. The molecule has 35 heavy (non-hydrogen) atoms. The van der Waals surface area contributed by atoms with Crippen LogP contribution in [0.3, 0.4) is 0 Å². The van der Waals surface area contributed by atoms with Gasteiger partial charge < -0.3 is 24.1 Å². The second kappa shape index (κ2) is 10.3. The predicted octanol–water partition coefficient (Wildman–Crippen LogP) is -0.941. The number of quaternary nitrogens is 1. The molecule has 2 aromatic rings. The quantitative estimate of drug-likeness (QED) is 0.280. The maximum atomic E-state index is 13.4. The molecule has 3 heterocycles. The number of amides is 1. The van der Waals surface area contributed by atoms with Crippen molar-refractivity contribution in [1.82, 2.24) is 9.21 Å². The van der Waals surface area contributed by atoms with Gasteiger partial charge in [0.2, 0.25) is 15.8 Å². The van der Waals surface area contributed by atoms with Crippen LogP contribution in [0.15, 0.2) is 57.5 Å². The Morgan fingerprint density at radius 2 is 1.83 bits per heavy atom. The van der Waals surface area contributed by atoms with E-state index in [2.05, 4.69) is 0 Å². The third-order valence-corrected chi connectivity index (χ3v) is 8.20. The fraction of sp³-hybridized carbons (Fsp3) is 0.417. The van der Waals surface area contributed by atoms with Gasteiger partial charge in [-0.1, -0.05) is 17.9 Å². The molecule has 0 spiro atoms. The number of benzene rings is 1. The van der Waals surface area contributed by atoms with E-state index in [4.69, 9.17) is 9.15 Å². The SMILES string of the molecule is CN(C)S(=O)(=O)c1ccc(/C([O-])=C2\C(=O)C(=O)N(CCC[NH+]3CCOCC3)C2c2ccco2)cc1. The van der Waals surface area contributed by atoms with Gasteiger partial charge in [-0.05, 0) is 29.8 Å². The maximum absolute atomic E-state index is 13.4. The number of hydrogen-bond donors (Lipinski definition) is 1. The zero-order valence-electron chi connectivity index (χ0n) is 19.7. The molecule has 1 unspecified atom stereocenters. The van der Waals surface area contributed by atoms with Gasteiger partial charge in [-0.3, -0.25) is 9.59 Å². The van der Waals surface area contributed by atoms with Gasteiger partial charge >= 0.3 is 0 Å². The largest absolute Gasteiger partial charge is 0.872 e. The minimum atomic E-state index is -3.67. The smallest absolute Gasteiger partial charge is 0.295 e. The minimum absolute atomic E-state index is 0.0210. The number of nitrogens with one attached hydrogen (secondary N) is 1. The molecule has 2 aliphatic rings. The first-order valence-corrected chi connectivity index (χ1v) is 12.9. The van der Waals surface area contributed by atoms with Crippen molar-refractivity contribution in [3.8, 4) is 0 Å². The number of ketones is 1. The van der Waals surface area contributed by atoms with Gasteiger partial charge in [0.15, 0.2) is 0 Å². The second-order valence-corrected chi connectivity index (χ2v) is 10.9. The third-order valence-electron chi connectivity index (χ3n) is 6.37. The lowest BCUT2D eigenvalue weighted by atomic mass is 9.99. The van der Waals surface area contributed by atoms with Crippen LogP contribution in [0, 0.1) is 0 Å². The van der Waals surface area contributed by atoms with Crippen LogP contribution in [0.25, 0.3) is 5.76 Å². The van der Waals surface area contributed by atoms with Crippen LogP contribution in [0.1, 0.15) is 23.8 Å². The summed E-state index contributed by atoms with van der Waals surface area (Å²) in [6.45, 7) is 4.31. The molecular formula is C24H29N3O7S. The van der Waals surface area contributed by atoms with Crippen LogP contribution in [0.5, 0.6) is 0 Å². The fourth-order valence-corrected chi connectivity index (χ4v) is 5.30. The Kier molecular flexibility index (Phi) is 7.41. The number of carbonyl (C=O) groups excluding carboxylic acids is 2. The molecule has 2 saturated heterocycles. The molecule has 11 heteroatoms. The Labute approximate surface area is 204 Å². The van der Waals surface area contributed by atoms with Crippen LogP contribution >= 0.6 is 0 Å². The summed E-state index contributed by atoms with van der Waals surface area (Å²) in [5.74, 6) is -1.89. The number of sulfonamides is 1. The second-order valence-electron chi connectivity index (χ2n) is 8.77. The summed E-state index contributed by atoms with van der Waals surface area (Å²) in [4.78, 5) is 28.7. The van der Waals surface area contributed by atoms with Crippen molar-refractivity contribution in [1.29, 1.82) is 0 Å². The number of furan rings is 1. The monoisotopic (exact) mass is 503 g/mol. The topological polar surface area (TPSA) is 125 Å². The number of morpholine rings is 1. The van der Waals surface area contributed by atoms with Crippen molar-refractivity contribution in [2.24, 2.45) is 0 Å². The van der Waals surface area contributed by atoms with E-state index >= 15 is 0 Å². The first kappa shape index (κ1) is 25.1. The highest BCUT2D eigenvalue weighted by atomic mass is 32.2. The summed E-state index contributed by atoms with van der Waals surface area (Å²) in [7, 11) is -0.846. The summed E-state index contributed by atoms with van der Waals surface area (Å²) in [6, 6.07) is 7.69. The molecule has 1 aromatic carbocycles. The van der Waals surface area contributed by atoms with E-state index < -0.39 is 33.5 Å². The van der Waals surface area contributed by atoms with Crippen molar-refractivity contribution in [2.75, 3.05) is 53.5 Å². The summed E-state index contributed by atoms with van der Waals surface area (Å²) in [5, 5.41) is 13.4. The lowest BCUT2D eigenvalue weighted by Gasteiger charge is -2.27. The van der Waals surface area contributed by atoms with Crippen molar-refractivity contribution < 1.29 is 37.2 Å². The van der Waals surface area contributed by atoms with Gasteiger partial charge in [0, 0.05) is 32.6 Å². The number of Topliss-reactive ketones (excluding diaryl/α,β-unsaturated/α-hetero) is 1. The lowest BCUT2D eigenvalue weighted by Crippen LogP contribution is -3.14. The average Bonchev–Trinajstić information content (AvgIpc) is 3.47. The molecule has 10 nitrogen and oxygen atoms in total. The molecule has 0 bridgehead atoms. The number of carbonyl (C=O) groups is 2. The van der Waals surface area contributed by atoms with E-state index in [1.165, 1.54) is 54.4 Å². The van der Waals surface area contributed by atoms with E-state index in [-0.39, 0.29) is 16.0 Å². The van der Waals surface area contributed by atoms with Crippen molar-refractivity contribution in [3.05, 3.63) is 59.6 Å². The molecule has 1 atom stereocenters. The van der Waals surface area contributed by atoms with Crippen molar-refractivity contribution in [3.63, 3.8) is 0 Å². The Hall–Kier alpha value is -2.99. The molecule has 1 aromatic heterocycles. The molecular weight excluding hydrogens is 474 g/mol. The molecule has 0 aliphatic carbocycles. The highest BCUT2D eigenvalue weighted by molar-refractivity contribution is 7.89. The van der Waals surface area contributed by atoms with Gasteiger partial charge in [-0.25, -0.2) is 12.7 Å². The van der Waals surface area contributed by atoms with Crippen LogP contribution in [0.2, 0.25) is 0 Å². The summed E-state index contributed by atoms with van der Waals surface area (Å²) >= 11 is 0. The van der Waals surface area contributed by atoms with Gasteiger partial charge in [0.25, 0.3) is 5.91 Å². The lowest BCUT2D eigenvalue weighted by molar-refractivity contribution is -0.908. The number of ether oxygens (including phenoxy) is 1. The highest BCUT2D eigenvalue weighted by Gasteiger charge is 2.45. The molecule has 0 saturated carbocycles. The molecule has 1 amide bonds. The minimum Gasteiger partial charge on any atom is -0.872 e. The number of likely N-dealkylation sites (tertiary alicyclic amines) is 1. The van der Waals surface area contributed by atoms with Gasteiger partial charge in [0.05, 0.1) is 30.9 Å². The van der Waals surface area contributed by atoms with Crippen LogP contribution in [-0.4, -0.2) is 82.8 Å². The summed E-state index contributed by atoms with van der Waals surface area (Å²) in [5.41, 5.74) is -0.0677. The summed E-state index contributed by atoms with van der Waals surface area (Å²) in [6.07, 6.45) is 2.09. The van der Waals surface area contributed by atoms with Crippen molar-refractivity contribution >= 4 is 27.5 Å². The zero-order valence-corrected chi connectivity index (χ0v) is 20.5. The molecule has 2 aliphatic heterocycles. The molecule has 4 rings (SSSR count). The first-order chi connectivity index (χ1) is 16.7. The zero-order chi connectivity index (χ0) is 25.2. The van der Waals surface area contributed by atoms with E-state index in [0.29, 0.717) is 31.9 Å². The Morgan fingerprint density at radius 1 is 1.14 bits per heavy atom. The Balaban J connectivity index is 1.63. The third kappa shape index (κ3) is 5.03. The molecule has 2 fully saturated rings. The molecule has 1 N–H and O–H groups in total. The maximum Gasteiger partial charge on any atom is 0.295 e. The van der Waals surface area contributed by atoms with E-state index in [1.807, 2.05) is 0 Å². The predicted molar refractivity (Wildman–Crippen MR) is 123 cm³/mol. The van der Waals surface area contributed by atoms with Gasteiger partial charge in [-0.15, -0.1) is 0 Å². The fourth-order valence-electron chi connectivity index (χ4n) is 4.40. The van der Waals surface area contributed by atoms with Crippen LogP contribution < -0.4 is 10.0 Å². The highest BCUT2D eigenvalue weighted by Crippen LogP contribution is 2.38. The van der Waals surface area contributed by atoms with Gasteiger partial charge in [0.1, 0.15) is 24.9 Å². The number of hydrogen-bond acceptors (Lipinski definition) is 7. The van der Waals surface area contributed by atoms with Gasteiger partial charge in [-0.2, -0.15) is 0 Å². The van der Waals surface area contributed by atoms with E-state index in [9.17, 15) is 23.1 Å². The van der Waals surface area contributed by atoms with Crippen LogP contribution in [0.4, 0.5) is 0 Å². The Bertz CT molecular complexity index is 1200. The van der Waals surface area contributed by atoms with E-state index in [0.717, 1.165) is 23.9 Å². The normalized spacial score (nSPS) is 21.2. The number of rotatable bonds is 8. The average molecular weight is 504 g/mol. The number of nitrogens with zero attached hydrogens (tertiary/aromatic N) is 2. The van der Waals surface area contributed by atoms with Crippen LogP contribution in [-0.2, 0) is 24.3 Å². The standard InChI is InChI=1S/C24H29N3O7S/c1-25(2)35(31,32)18-8-6-17(7-9-18)22(28)20-21(19-5-3-14-34-19)27(24(30)23(20)29)11-4-10-26-12-15-33-16-13-26/h3,5-9,14,21,28H,4,10-13,15-16H2,1-2H3/b22-20+. The Morgan fingerprint density at radius 3 is 2.43 bits per heavy atom. The first-order valence-electron chi connectivity index (χ1n) is 11.5. The molecule has 188 valence electrons. The van der Waals surface area contributed by atoms with Crippen molar-refractivity contribution in [2.45, 2.75) is 17.4 Å².